The summed E-state index contributed by atoms with van der Waals surface area (Å²) >= 11 is 6.08. The van der Waals surface area contributed by atoms with Gasteiger partial charge in [0.15, 0.2) is 5.76 Å². The molecule has 0 saturated carbocycles. The highest BCUT2D eigenvalue weighted by molar-refractivity contribution is 6.31. The van der Waals surface area contributed by atoms with E-state index in [2.05, 4.69) is 10.6 Å². The summed E-state index contributed by atoms with van der Waals surface area (Å²) in [6.07, 6.45) is 1.42. The predicted molar refractivity (Wildman–Crippen MR) is 95.7 cm³/mol. The molecule has 3 aromatic rings. The van der Waals surface area contributed by atoms with Gasteiger partial charge in [-0.05, 0) is 42.0 Å². The van der Waals surface area contributed by atoms with Gasteiger partial charge in [0.05, 0.1) is 6.26 Å². The highest BCUT2D eigenvalue weighted by atomic mass is 35.5. The average Bonchev–Trinajstić information content (AvgIpc) is 3.16. The van der Waals surface area contributed by atoms with E-state index >= 15 is 0 Å². The second kappa shape index (κ2) is 7.68. The molecule has 2 amide bonds. The largest absolute Gasteiger partial charge is 0.459 e. The van der Waals surface area contributed by atoms with Crippen LogP contribution in [0.2, 0.25) is 5.02 Å². The Hall–Kier alpha value is -3.05. The lowest BCUT2D eigenvalue weighted by atomic mass is 10.1. The van der Waals surface area contributed by atoms with Crippen LogP contribution in [0, 0.1) is 0 Å². The molecule has 0 saturated heterocycles. The van der Waals surface area contributed by atoms with Gasteiger partial charge in [0.25, 0.3) is 11.8 Å². The maximum absolute atomic E-state index is 12.3. The third kappa shape index (κ3) is 4.28. The topological polar surface area (TPSA) is 71.3 Å². The van der Waals surface area contributed by atoms with Crippen LogP contribution < -0.4 is 10.6 Å². The summed E-state index contributed by atoms with van der Waals surface area (Å²) in [5.41, 5.74) is 1.77. The maximum Gasteiger partial charge on any atom is 0.291 e. The van der Waals surface area contributed by atoms with Gasteiger partial charge < -0.3 is 15.1 Å². The van der Waals surface area contributed by atoms with Crippen LogP contribution in [0.4, 0.5) is 5.69 Å². The minimum atomic E-state index is -0.376. The summed E-state index contributed by atoms with van der Waals surface area (Å²) in [5, 5.41) is 6.10. The fraction of sp³-hybridized carbons (Fsp3) is 0.0526. The number of rotatable bonds is 5. The Balaban J connectivity index is 1.65. The highest BCUT2D eigenvalue weighted by Gasteiger charge is 2.11. The number of furan rings is 1. The predicted octanol–water partition coefficient (Wildman–Crippen LogP) is 4.12. The summed E-state index contributed by atoms with van der Waals surface area (Å²) in [5.74, 6) is -0.429. The Kier molecular flexibility index (Phi) is 5.16. The monoisotopic (exact) mass is 354 g/mol. The highest BCUT2D eigenvalue weighted by Crippen LogP contribution is 2.16. The molecule has 1 heterocycles. The quantitative estimate of drug-likeness (QED) is 0.724. The number of carbonyl (C=O) groups is 2. The van der Waals surface area contributed by atoms with Crippen LogP contribution in [0.5, 0.6) is 0 Å². The molecule has 0 fully saturated rings. The SMILES string of the molecule is O=C(NCc1ccccc1Cl)c1cccc(NC(=O)c2ccco2)c1. The Morgan fingerprint density at radius 1 is 0.960 bits per heavy atom. The van der Waals surface area contributed by atoms with E-state index in [1.165, 1.54) is 6.26 Å². The van der Waals surface area contributed by atoms with Crippen LogP contribution in [-0.4, -0.2) is 11.8 Å². The Morgan fingerprint density at radius 3 is 2.56 bits per heavy atom. The third-order valence-electron chi connectivity index (χ3n) is 3.52. The van der Waals surface area contributed by atoms with Gasteiger partial charge in [0, 0.05) is 22.8 Å². The van der Waals surface area contributed by atoms with Crippen LogP contribution in [0.1, 0.15) is 26.5 Å². The molecule has 2 aromatic carbocycles. The first-order chi connectivity index (χ1) is 12.1. The molecular formula is C19H15ClN2O3. The maximum atomic E-state index is 12.3. The van der Waals surface area contributed by atoms with Gasteiger partial charge in [-0.3, -0.25) is 9.59 Å². The third-order valence-corrected chi connectivity index (χ3v) is 3.89. The normalized spacial score (nSPS) is 10.3. The molecule has 2 N–H and O–H groups in total. The van der Waals surface area contributed by atoms with E-state index in [0.29, 0.717) is 22.8 Å². The molecule has 0 unspecified atom stereocenters. The molecule has 0 aliphatic rings. The number of anilines is 1. The van der Waals surface area contributed by atoms with Crippen molar-refractivity contribution in [3.05, 3.63) is 88.8 Å². The van der Waals surface area contributed by atoms with Gasteiger partial charge >= 0.3 is 0 Å². The zero-order valence-electron chi connectivity index (χ0n) is 13.2. The van der Waals surface area contributed by atoms with Crippen LogP contribution >= 0.6 is 11.6 Å². The number of halogens is 1. The molecular weight excluding hydrogens is 340 g/mol. The van der Waals surface area contributed by atoms with Crippen molar-refractivity contribution in [2.24, 2.45) is 0 Å². The van der Waals surface area contributed by atoms with Crippen molar-refractivity contribution >= 4 is 29.1 Å². The van der Waals surface area contributed by atoms with E-state index in [4.69, 9.17) is 16.0 Å². The number of amides is 2. The summed E-state index contributed by atoms with van der Waals surface area (Å²) in [4.78, 5) is 24.3. The molecule has 3 rings (SSSR count). The van der Waals surface area contributed by atoms with Crippen LogP contribution in [0.25, 0.3) is 0 Å². The first kappa shape index (κ1) is 16.8. The van der Waals surface area contributed by atoms with Gasteiger partial charge in [0.2, 0.25) is 0 Å². The van der Waals surface area contributed by atoms with Crippen LogP contribution in [-0.2, 0) is 6.54 Å². The van der Waals surface area contributed by atoms with E-state index in [1.54, 1.807) is 42.5 Å². The number of benzene rings is 2. The number of nitrogens with one attached hydrogen (secondary N) is 2. The fourth-order valence-corrected chi connectivity index (χ4v) is 2.46. The standard InChI is InChI=1S/C19H15ClN2O3/c20-16-8-2-1-5-14(16)12-21-18(23)13-6-3-7-15(11-13)22-19(24)17-9-4-10-25-17/h1-11H,12H2,(H,21,23)(H,22,24). The van der Waals surface area contributed by atoms with Crippen LogP contribution in [0.3, 0.4) is 0 Å². The molecule has 0 radical (unpaired) electrons. The number of carbonyl (C=O) groups excluding carboxylic acids is 2. The minimum Gasteiger partial charge on any atom is -0.459 e. The minimum absolute atomic E-state index is 0.202. The Labute approximate surface area is 149 Å². The fourth-order valence-electron chi connectivity index (χ4n) is 2.26. The zero-order chi connectivity index (χ0) is 17.6. The molecule has 25 heavy (non-hydrogen) atoms. The Morgan fingerprint density at radius 2 is 1.80 bits per heavy atom. The summed E-state index contributed by atoms with van der Waals surface area (Å²) in [6, 6.07) is 17.2. The van der Waals surface area contributed by atoms with E-state index in [0.717, 1.165) is 5.56 Å². The lowest BCUT2D eigenvalue weighted by Crippen LogP contribution is -2.23. The average molecular weight is 355 g/mol. The molecule has 0 spiro atoms. The molecule has 0 bridgehead atoms. The van der Waals surface area contributed by atoms with Crippen molar-refractivity contribution in [1.29, 1.82) is 0 Å². The molecule has 0 aliphatic heterocycles. The van der Waals surface area contributed by atoms with Gasteiger partial charge in [0.1, 0.15) is 0 Å². The van der Waals surface area contributed by atoms with E-state index in [9.17, 15) is 9.59 Å². The van der Waals surface area contributed by atoms with Gasteiger partial charge in [-0.2, -0.15) is 0 Å². The van der Waals surface area contributed by atoms with Crippen LogP contribution in [0.15, 0.2) is 71.3 Å². The lowest BCUT2D eigenvalue weighted by Gasteiger charge is -2.09. The number of hydrogen-bond donors (Lipinski definition) is 2. The molecule has 1 aromatic heterocycles. The zero-order valence-corrected chi connectivity index (χ0v) is 13.9. The molecule has 126 valence electrons. The molecule has 0 atom stereocenters. The number of hydrogen-bond acceptors (Lipinski definition) is 3. The van der Waals surface area contributed by atoms with Crippen molar-refractivity contribution in [2.75, 3.05) is 5.32 Å². The van der Waals surface area contributed by atoms with Crippen molar-refractivity contribution in [2.45, 2.75) is 6.54 Å². The van der Waals surface area contributed by atoms with E-state index < -0.39 is 0 Å². The van der Waals surface area contributed by atoms with Crippen molar-refractivity contribution in [1.82, 2.24) is 5.32 Å². The first-order valence-corrected chi connectivity index (χ1v) is 7.98. The molecule has 0 aliphatic carbocycles. The second-order valence-corrected chi connectivity index (χ2v) is 5.69. The van der Waals surface area contributed by atoms with Gasteiger partial charge in [-0.15, -0.1) is 0 Å². The van der Waals surface area contributed by atoms with Crippen molar-refractivity contribution in [3.63, 3.8) is 0 Å². The van der Waals surface area contributed by atoms with E-state index in [1.807, 2.05) is 18.2 Å². The summed E-state index contributed by atoms with van der Waals surface area (Å²) in [6.45, 7) is 0.321. The van der Waals surface area contributed by atoms with Gasteiger partial charge in [-0.25, -0.2) is 0 Å². The van der Waals surface area contributed by atoms with Crippen molar-refractivity contribution in [3.8, 4) is 0 Å². The summed E-state index contributed by atoms with van der Waals surface area (Å²) in [7, 11) is 0. The Bertz CT molecular complexity index is 891. The lowest BCUT2D eigenvalue weighted by molar-refractivity contribution is 0.0949. The van der Waals surface area contributed by atoms with E-state index in [-0.39, 0.29) is 17.6 Å². The summed E-state index contributed by atoms with van der Waals surface area (Å²) < 4.78 is 5.04. The van der Waals surface area contributed by atoms with Crippen molar-refractivity contribution < 1.29 is 14.0 Å². The first-order valence-electron chi connectivity index (χ1n) is 7.60. The molecule has 5 nitrogen and oxygen atoms in total. The second-order valence-electron chi connectivity index (χ2n) is 5.29. The molecule has 6 heteroatoms. The van der Waals surface area contributed by atoms with Gasteiger partial charge in [-0.1, -0.05) is 35.9 Å². The smallest absolute Gasteiger partial charge is 0.291 e.